The van der Waals surface area contributed by atoms with E-state index in [-0.39, 0.29) is 0 Å². The molecule has 21 heavy (non-hydrogen) atoms. The number of furan rings is 1. The van der Waals surface area contributed by atoms with Gasteiger partial charge in [-0.1, -0.05) is 13.8 Å². The minimum atomic E-state index is 0.627. The first-order valence-electron chi connectivity index (χ1n) is 8.17. The topological polar surface area (TPSA) is 31.7 Å². The molecule has 1 aromatic heterocycles. The maximum absolute atomic E-state index is 5.94. The molecule has 4 nitrogen and oxygen atoms in total. The van der Waals surface area contributed by atoms with Crippen LogP contribution in [0.25, 0.3) is 0 Å². The Balaban J connectivity index is 1.86. The van der Waals surface area contributed by atoms with E-state index >= 15 is 0 Å². The third-order valence-electron chi connectivity index (χ3n) is 4.36. The number of nitrogens with zero attached hydrogens (tertiary/aromatic N) is 2. The molecule has 1 aliphatic heterocycles. The van der Waals surface area contributed by atoms with Gasteiger partial charge in [0.05, 0.1) is 6.54 Å². The molecule has 1 N–H and O–H groups in total. The molecule has 2 heterocycles. The quantitative estimate of drug-likeness (QED) is 0.873. The highest BCUT2D eigenvalue weighted by molar-refractivity contribution is 5.20. The molecular weight excluding hydrogens is 262 g/mol. The number of hydrogen-bond donors (Lipinski definition) is 1. The molecule has 0 aliphatic carbocycles. The average Bonchev–Trinajstić information content (AvgIpc) is 2.74. The summed E-state index contributed by atoms with van der Waals surface area (Å²) in [6, 6.07) is 2.85. The van der Waals surface area contributed by atoms with Crippen molar-refractivity contribution >= 4 is 0 Å². The zero-order valence-corrected chi connectivity index (χ0v) is 14.3. The van der Waals surface area contributed by atoms with Crippen LogP contribution >= 0.6 is 0 Å². The van der Waals surface area contributed by atoms with Crippen LogP contribution in [-0.2, 0) is 13.1 Å². The second kappa shape index (κ2) is 7.43. The van der Waals surface area contributed by atoms with E-state index in [1.54, 1.807) is 0 Å². The Morgan fingerprint density at radius 1 is 1.38 bits per heavy atom. The van der Waals surface area contributed by atoms with Gasteiger partial charge in [0.2, 0.25) is 0 Å². The second-order valence-corrected chi connectivity index (χ2v) is 6.88. The van der Waals surface area contributed by atoms with Crippen LogP contribution in [-0.4, -0.2) is 49.1 Å². The largest absolute Gasteiger partial charge is 0.465 e. The molecule has 0 radical (unpaired) electrons. The molecule has 2 rings (SSSR count). The summed E-state index contributed by atoms with van der Waals surface area (Å²) in [7, 11) is 2.21. The summed E-state index contributed by atoms with van der Waals surface area (Å²) < 4.78 is 5.94. The van der Waals surface area contributed by atoms with E-state index in [2.05, 4.69) is 55.9 Å². The fourth-order valence-electron chi connectivity index (χ4n) is 2.82. The summed E-state index contributed by atoms with van der Waals surface area (Å²) in [5.41, 5.74) is 1.30. The SMILES string of the molecule is Cc1oc(CN2CCN(C)C(C)C2)cc1CNCC(C)C. The van der Waals surface area contributed by atoms with E-state index in [1.807, 2.05) is 0 Å². The Morgan fingerprint density at radius 3 is 2.81 bits per heavy atom. The zero-order chi connectivity index (χ0) is 15.4. The number of nitrogens with one attached hydrogen (secondary N) is 1. The second-order valence-electron chi connectivity index (χ2n) is 6.88. The van der Waals surface area contributed by atoms with Gasteiger partial charge in [0, 0.05) is 37.8 Å². The van der Waals surface area contributed by atoms with Gasteiger partial charge in [0.1, 0.15) is 11.5 Å². The lowest BCUT2D eigenvalue weighted by Crippen LogP contribution is -2.49. The highest BCUT2D eigenvalue weighted by Crippen LogP contribution is 2.18. The first-order valence-corrected chi connectivity index (χ1v) is 8.17. The monoisotopic (exact) mass is 293 g/mol. The molecule has 1 unspecified atom stereocenters. The summed E-state index contributed by atoms with van der Waals surface area (Å²) in [6.45, 7) is 15.1. The standard InChI is InChI=1S/C17H31N3O/c1-13(2)9-18-10-16-8-17(21-15(16)4)12-20-7-6-19(5)14(3)11-20/h8,13-14,18H,6-7,9-12H2,1-5H3. The van der Waals surface area contributed by atoms with E-state index < -0.39 is 0 Å². The summed E-state index contributed by atoms with van der Waals surface area (Å²) >= 11 is 0. The van der Waals surface area contributed by atoms with E-state index in [4.69, 9.17) is 4.42 Å². The van der Waals surface area contributed by atoms with Gasteiger partial charge in [0.25, 0.3) is 0 Å². The highest BCUT2D eigenvalue weighted by Gasteiger charge is 2.21. The Morgan fingerprint density at radius 2 is 2.14 bits per heavy atom. The van der Waals surface area contributed by atoms with E-state index in [0.29, 0.717) is 12.0 Å². The van der Waals surface area contributed by atoms with Crippen molar-refractivity contribution in [2.45, 2.75) is 46.8 Å². The van der Waals surface area contributed by atoms with Gasteiger partial charge in [-0.3, -0.25) is 4.90 Å². The molecule has 1 saturated heterocycles. The van der Waals surface area contributed by atoms with E-state index in [0.717, 1.165) is 50.8 Å². The van der Waals surface area contributed by atoms with Gasteiger partial charge in [0.15, 0.2) is 0 Å². The van der Waals surface area contributed by atoms with Gasteiger partial charge in [-0.05, 0) is 39.4 Å². The van der Waals surface area contributed by atoms with Crippen LogP contribution in [0.3, 0.4) is 0 Å². The van der Waals surface area contributed by atoms with Crippen LogP contribution < -0.4 is 5.32 Å². The van der Waals surface area contributed by atoms with Crippen molar-refractivity contribution in [1.82, 2.24) is 15.1 Å². The van der Waals surface area contributed by atoms with Gasteiger partial charge in [-0.15, -0.1) is 0 Å². The lowest BCUT2D eigenvalue weighted by atomic mass is 10.2. The Kier molecular flexibility index (Phi) is 5.85. The Hall–Kier alpha value is -0.840. The molecule has 1 atom stereocenters. The Labute approximate surface area is 129 Å². The lowest BCUT2D eigenvalue weighted by Gasteiger charge is -2.37. The minimum absolute atomic E-state index is 0.627. The molecule has 0 amide bonds. The molecule has 0 spiro atoms. The molecule has 1 aromatic rings. The van der Waals surface area contributed by atoms with Gasteiger partial charge >= 0.3 is 0 Å². The number of rotatable bonds is 6. The van der Waals surface area contributed by atoms with Crippen molar-refractivity contribution in [3.05, 3.63) is 23.2 Å². The fraction of sp³-hybridized carbons (Fsp3) is 0.765. The fourth-order valence-corrected chi connectivity index (χ4v) is 2.82. The predicted octanol–water partition coefficient (Wildman–Crippen LogP) is 2.47. The molecule has 0 bridgehead atoms. The van der Waals surface area contributed by atoms with Gasteiger partial charge in [-0.25, -0.2) is 0 Å². The summed E-state index contributed by atoms with van der Waals surface area (Å²) in [4.78, 5) is 4.92. The van der Waals surface area contributed by atoms with Crippen LogP contribution in [0.15, 0.2) is 10.5 Å². The summed E-state index contributed by atoms with van der Waals surface area (Å²) in [5.74, 6) is 2.84. The molecular formula is C17H31N3O. The van der Waals surface area contributed by atoms with Crippen LogP contribution in [0.5, 0.6) is 0 Å². The molecule has 1 aliphatic rings. The third-order valence-corrected chi connectivity index (χ3v) is 4.36. The number of aryl methyl sites for hydroxylation is 1. The Bertz CT molecular complexity index is 441. The summed E-state index contributed by atoms with van der Waals surface area (Å²) in [6.07, 6.45) is 0. The van der Waals surface area contributed by atoms with Crippen LogP contribution in [0.4, 0.5) is 0 Å². The third kappa shape index (κ3) is 4.83. The van der Waals surface area contributed by atoms with E-state index in [1.165, 1.54) is 5.56 Å². The van der Waals surface area contributed by atoms with Crippen LogP contribution in [0.2, 0.25) is 0 Å². The van der Waals surface area contributed by atoms with Crippen molar-refractivity contribution in [2.24, 2.45) is 5.92 Å². The maximum atomic E-state index is 5.94. The lowest BCUT2D eigenvalue weighted by molar-refractivity contribution is 0.0944. The molecule has 120 valence electrons. The molecule has 4 heteroatoms. The zero-order valence-electron chi connectivity index (χ0n) is 14.3. The van der Waals surface area contributed by atoms with Gasteiger partial charge in [-0.2, -0.15) is 0 Å². The van der Waals surface area contributed by atoms with E-state index in [9.17, 15) is 0 Å². The predicted molar refractivity (Wildman–Crippen MR) is 87.4 cm³/mol. The number of piperazine rings is 1. The van der Waals surface area contributed by atoms with Crippen molar-refractivity contribution in [3.63, 3.8) is 0 Å². The number of hydrogen-bond acceptors (Lipinski definition) is 4. The normalized spacial score (nSPS) is 21.3. The van der Waals surface area contributed by atoms with Crippen molar-refractivity contribution in [2.75, 3.05) is 33.2 Å². The first-order chi connectivity index (χ1) is 9.95. The maximum Gasteiger partial charge on any atom is 0.118 e. The van der Waals surface area contributed by atoms with Gasteiger partial charge < -0.3 is 14.6 Å². The smallest absolute Gasteiger partial charge is 0.118 e. The van der Waals surface area contributed by atoms with Crippen molar-refractivity contribution in [3.8, 4) is 0 Å². The minimum Gasteiger partial charge on any atom is -0.465 e. The molecule has 1 fully saturated rings. The van der Waals surface area contributed by atoms with Crippen molar-refractivity contribution in [1.29, 1.82) is 0 Å². The van der Waals surface area contributed by atoms with Crippen LogP contribution in [0, 0.1) is 12.8 Å². The highest BCUT2D eigenvalue weighted by atomic mass is 16.3. The number of likely N-dealkylation sites (N-methyl/N-ethyl adjacent to an activating group) is 1. The van der Waals surface area contributed by atoms with Crippen LogP contribution in [0.1, 0.15) is 37.9 Å². The first kappa shape index (κ1) is 16.5. The van der Waals surface area contributed by atoms with Crippen molar-refractivity contribution < 1.29 is 4.42 Å². The average molecular weight is 293 g/mol. The molecule has 0 aromatic carbocycles. The summed E-state index contributed by atoms with van der Waals surface area (Å²) in [5, 5.41) is 3.49. The molecule has 0 saturated carbocycles.